The van der Waals surface area contributed by atoms with E-state index in [0.29, 0.717) is 28.7 Å². The van der Waals surface area contributed by atoms with E-state index in [4.69, 9.17) is 11.6 Å². The van der Waals surface area contributed by atoms with E-state index >= 15 is 0 Å². The van der Waals surface area contributed by atoms with Crippen LogP contribution in [0.2, 0.25) is 5.02 Å². The average molecular weight is 281 g/mol. The second-order valence-corrected chi connectivity index (χ2v) is 5.68. The van der Waals surface area contributed by atoms with Crippen LogP contribution >= 0.6 is 22.9 Å². The van der Waals surface area contributed by atoms with Crippen LogP contribution in [0.15, 0.2) is 23.0 Å². The summed E-state index contributed by atoms with van der Waals surface area (Å²) in [6.45, 7) is 2.21. The highest BCUT2D eigenvalue weighted by Crippen LogP contribution is 2.34. The van der Waals surface area contributed by atoms with Crippen LogP contribution in [-0.4, -0.2) is 16.0 Å². The summed E-state index contributed by atoms with van der Waals surface area (Å²) in [4.78, 5) is 8.57. The first-order valence-corrected chi connectivity index (χ1v) is 7.13. The van der Waals surface area contributed by atoms with Gasteiger partial charge in [-0.15, -0.1) is 0 Å². The lowest BCUT2D eigenvalue weighted by Gasteiger charge is -2.08. The minimum Gasteiger partial charge on any atom is -0.366 e. The minimum atomic E-state index is 0.492. The van der Waals surface area contributed by atoms with Gasteiger partial charge in [-0.25, -0.2) is 4.98 Å². The number of rotatable bonds is 4. The third kappa shape index (κ3) is 2.57. The van der Waals surface area contributed by atoms with Gasteiger partial charge in [-0.3, -0.25) is 0 Å². The van der Waals surface area contributed by atoms with Crippen molar-refractivity contribution in [2.45, 2.75) is 19.4 Å². The Morgan fingerprint density at radius 1 is 1.50 bits per heavy atom. The molecule has 2 unspecified atom stereocenters. The Bertz CT molecular complexity index is 543. The van der Waals surface area contributed by atoms with Gasteiger partial charge in [-0.1, -0.05) is 18.5 Å². The first-order chi connectivity index (χ1) is 8.72. The zero-order valence-electron chi connectivity index (χ0n) is 9.85. The molecule has 0 spiro atoms. The molecule has 0 radical (unpaired) electrons. The lowest BCUT2D eigenvalue weighted by molar-refractivity contribution is 0.922. The first-order valence-electron chi connectivity index (χ1n) is 5.80. The molecule has 2 N–H and O–H groups in total. The fourth-order valence-corrected chi connectivity index (χ4v) is 2.43. The summed E-state index contributed by atoms with van der Waals surface area (Å²) < 4.78 is 0. The number of nitrogens with one attached hydrogen (secondary N) is 2. The van der Waals surface area contributed by atoms with E-state index in [1.807, 2.05) is 16.8 Å². The third-order valence-corrected chi connectivity index (χ3v) is 3.91. The standard InChI is InChI=1S/C12H13ClN4S/c1-7-4-10(7)16-11-9(13)5-14-12(17-11)15-8-2-3-18-6-8/h2-3,5-7,10H,4H2,1H3,(H2,14,15,16,17). The second-order valence-electron chi connectivity index (χ2n) is 4.49. The maximum Gasteiger partial charge on any atom is 0.229 e. The Morgan fingerprint density at radius 3 is 3.00 bits per heavy atom. The van der Waals surface area contributed by atoms with Crippen LogP contribution < -0.4 is 10.6 Å². The largest absolute Gasteiger partial charge is 0.366 e. The molecular weight excluding hydrogens is 268 g/mol. The van der Waals surface area contributed by atoms with Crippen molar-refractivity contribution in [3.63, 3.8) is 0 Å². The SMILES string of the molecule is CC1CC1Nc1nc(Nc2ccsc2)ncc1Cl. The van der Waals surface area contributed by atoms with Gasteiger partial charge in [-0.2, -0.15) is 16.3 Å². The van der Waals surface area contributed by atoms with Crippen molar-refractivity contribution in [2.75, 3.05) is 10.6 Å². The molecule has 2 atom stereocenters. The molecule has 1 saturated carbocycles. The van der Waals surface area contributed by atoms with Gasteiger partial charge in [0.1, 0.15) is 5.02 Å². The average Bonchev–Trinajstić information content (AvgIpc) is 2.84. The predicted molar refractivity (Wildman–Crippen MR) is 75.8 cm³/mol. The molecule has 2 aromatic heterocycles. The smallest absolute Gasteiger partial charge is 0.229 e. The van der Waals surface area contributed by atoms with E-state index in [9.17, 15) is 0 Å². The van der Waals surface area contributed by atoms with Crippen LogP contribution in [0.25, 0.3) is 0 Å². The molecule has 6 heteroatoms. The normalized spacial score (nSPS) is 21.7. The quantitative estimate of drug-likeness (QED) is 0.895. The molecule has 1 aliphatic rings. The molecule has 2 heterocycles. The van der Waals surface area contributed by atoms with Crippen molar-refractivity contribution in [1.82, 2.24) is 9.97 Å². The van der Waals surface area contributed by atoms with Crippen molar-refractivity contribution in [2.24, 2.45) is 5.92 Å². The zero-order valence-corrected chi connectivity index (χ0v) is 11.4. The molecule has 0 saturated heterocycles. The monoisotopic (exact) mass is 280 g/mol. The van der Waals surface area contributed by atoms with Crippen LogP contribution in [0.5, 0.6) is 0 Å². The number of thiophene rings is 1. The fourth-order valence-electron chi connectivity index (χ4n) is 1.69. The molecule has 4 nitrogen and oxygen atoms in total. The van der Waals surface area contributed by atoms with Gasteiger partial charge in [0.25, 0.3) is 0 Å². The van der Waals surface area contributed by atoms with E-state index < -0.39 is 0 Å². The van der Waals surface area contributed by atoms with E-state index in [0.717, 1.165) is 5.69 Å². The summed E-state index contributed by atoms with van der Waals surface area (Å²) in [5, 5.41) is 11.1. The molecule has 0 bridgehead atoms. The number of anilines is 3. The fraction of sp³-hybridized carbons (Fsp3) is 0.333. The molecule has 0 aromatic carbocycles. The van der Waals surface area contributed by atoms with Crippen LogP contribution in [-0.2, 0) is 0 Å². The summed E-state index contributed by atoms with van der Waals surface area (Å²) >= 11 is 7.71. The van der Waals surface area contributed by atoms with Gasteiger partial charge in [0.2, 0.25) is 5.95 Å². The van der Waals surface area contributed by atoms with E-state index in [2.05, 4.69) is 27.5 Å². The lowest BCUT2D eigenvalue weighted by Crippen LogP contribution is -2.07. The Balaban J connectivity index is 1.77. The van der Waals surface area contributed by atoms with Crippen LogP contribution in [0.4, 0.5) is 17.5 Å². The lowest BCUT2D eigenvalue weighted by atomic mass is 10.4. The van der Waals surface area contributed by atoms with Crippen molar-refractivity contribution in [3.05, 3.63) is 28.0 Å². The zero-order chi connectivity index (χ0) is 12.5. The number of aromatic nitrogens is 2. The Labute approximate surface area is 114 Å². The Morgan fingerprint density at radius 2 is 2.33 bits per heavy atom. The molecule has 18 heavy (non-hydrogen) atoms. The highest BCUT2D eigenvalue weighted by atomic mass is 35.5. The highest BCUT2D eigenvalue weighted by molar-refractivity contribution is 7.08. The number of nitrogens with zero attached hydrogens (tertiary/aromatic N) is 2. The van der Waals surface area contributed by atoms with Gasteiger partial charge in [0.05, 0.1) is 11.9 Å². The minimum absolute atomic E-state index is 0.492. The summed E-state index contributed by atoms with van der Waals surface area (Å²) in [6.07, 6.45) is 2.80. The summed E-state index contributed by atoms with van der Waals surface area (Å²) in [6, 6.07) is 2.48. The summed E-state index contributed by atoms with van der Waals surface area (Å²) in [5.74, 6) is 1.97. The number of hydrogen-bond donors (Lipinski definition) is 2. The summed E-state index contributed by atoms with van der Waals surface area (Å²) in [5.41, 5.74) is 0.994. The molecule has 94 valence electrons. The first kappa shape index (κ1) is 11.7. The van der Waals surface area contributed by atoms with E-state index in [1.165, 1.54) is 6.42 Å². The van der Waals surface area contributed by atoms with Gasteiger partial charge >= 0.3 is 0 Å². The van der Waals surface area contributed by atoms with Crippen molar-refractivity contribution >= 4 is 40.4 Å². The van der Waals surface area contributed by atoms with Crippen LogP contribution in [0, 0.1) is 5.92 Å². The Kier molecular flexibility index (Phi) is 3.09. The van der Waals surface area contributed by atoms with Crippen LogP contribution in [0.1, 0.15) is 13.3 Å². The van der Waals surface area contributed by atoms with Gasteiger partial charge < -0.3 is 10.6 Å². The molecule has 3 rings (SSSR count). The molecule has 0 aliphatic heterocycles. The van der Waals surface area contributed by atoms with E-state index in [-0.39, 0.29) is 0 Å². The maximum atomic E-state index is 6.08. The molecule has 0 amide bonds. The van der Waals surface area contributed by atoms with Gasteiger partial charge in [0.15, 0.2) is 5.82 Å². The van der Waals surface area contributed by atoms with Crippen molar-refractivity contribution in [3.8, 4) is 0 Å². The van der Waals surface area contributed by atoms with E-state index in [1.54, 1.807) is 17.5 Å². The third-order valence-electron chi connectivity index (χ3n) is 2.95. The van der Waals surface area contributed by atoms with Gasteiger partial charge in [-0.05, 0) is 23.8 Å². The molecule has 1 aliphatic carbocycles. The van der Waals surface area contributed by atoms with Crippen LogP contribution in [0.3, 0.4) is 0 Å². The predicted octanol–water partition coefficient (Wildman–Crippen LogP) is 3.76. The highest BCUT2D eigenvalue weighted by Gasteiger charge is 2.33. The number of halogens is 1. The number of hydrogen-bond acceptors (Lipinski definition) is 5. The van der Waals surface area contributed by atoms with Gasteiger partial charge in [0, 0.05) is 11.4 Å². The molecule has 2 aromatic rings. The topological polar surface area (TPSA) is 49.8 Å². The summed E-state index contributed by atoms with van der Waals surface area (Å²) in [7, 11) is 0. The molecule has 1 fully saturated rings. The van der Waals surface area contributed by atoms with Crippen molar-refractivity contribution < 1.29 is 0 Å². The second kappa shape index (κ2) is 4.74. The van der Waals surface area contributed by atoms with Crippen molar-refractivity contribution in [1.29, 1.82) is 0 Å². The molecular formula is C12H13ClN4S. The maximum absolute atomic E-state index is 6.08. The Hall–Kier alpha value is -1.33.